The summed E-state index contributed by atoms with van der Waals surface area (Å²) in [7, 11) is 3.42. The van der Waals surface area contributed by atoms with E-state index in [2.05, 4.69) is 4.99 Å². The minimum Gasteiger partial charge on any atom is -0.448 e. The number of ether oxygens (including phenoxy) is 1. The Labute approximate surface area is 182 Å². The average molecular weight is 442 g/mol. The topological polar surface area (TPSA) is 72.8 Å². The fourth-order valence-electron chi connectivity index (χ4n) is 3.34. The molecule has 1 aliphatic rings. The van der Waals surface area contributed by atoms with Gasteiger partial charge in [0.05, 0.1) is 5.56 Å². The van der Waals surface area contributed by atoms with E-state index >= 15 is 0 Å². The molecule has 2 N–H and O–H groups in total. The molecule has 2 aromatic carbocycles. The van der Waals surface area contributed by atoms with Crippen LogP contribution in [0.4, 0.5) is 14.6 Å². The maximum atomic E-state index is 14.0. The zero-order chi connectivity index (χ0) is 22.1. The Balaban J connectivity index is 1.65. The van der Waals surface area contributed by atoms with E-state index in [9.17, 15) is 13.6 Å². The number of nitrogens with two attached hydrogens (primary N) is 1. The fourth-order valence-corrected chi connectivity index (χ4v) is 4.38. The van der Waals surface area contributed by atoms with E-state index in [1.165, 1.54) is 10.6 Å². The van der Waals surface area contributed by atoms with E-state index in [0.717, 1.165) is 23.4 Å². The minimum atomic E-state index is -0.907. The van der Waals surface area contributed by atoms with Crippen molar-refractivity contribution < 1.29 is 13.5 Å². The second-order valence-corrected chi connectivity index (χ2v) is 8.08. The second-order valence-electron chi connectivity index (χ2n) is 7.03. The van der Waals surface area contributed by atoms with Crippen molar-refractivity contribution in [2.45, 2.75) is 11.3 Å². The summed E-state index contributed by atoms with van der Waals surface area (Å²) in [4.78, 5) is 19.3. The summed E-state index contributed by atoms with van der Waals surface area (Å²) in [5, 5.41) is 0. The first kappa shape index (κ1) is 20.9. The highest BCUT2D eigenvalue weighted by Crippen LogP contribution is 2.33. The average Bonchev–Trinajstić information content (AvgIpc) is 2.75. The molecule has 31 heavy (non-hydrogen) atoms. The second kappa shape index (κ2) is 8.43. The first-order valence-corrected chi connectivity index (χ1v) is 10.5. The Bertz CT molecular complexity index is 1210. The van der Waals surface area contributed by atoms with Crippen LogP contribution in [-0.4, -0.2) is 22.9 Å². The smallest absolute Gasteiger partial charge is 0.294 e. The number of benzene rings is 2. The molecule has 1 aliphatic heterocycles. The van der Waals surface area contributed by atoms with Crippen LogP contribution in [0.2, 0.25) is 0 Å². The van der Waals surface area contributed by atoms with Gasteiger partial charge in [-0.15, -0.1) is 11.8 Å². The Morgan fingerprint density at radius 1 is 1.10 bits per heavy atom. The number of pyridine rings is 1. The number of nitrogens with zero attached hydrogens (tertiary/aromatic N) is 3. The maximum absolute atomic E-state index is 14.0. The van der Waals surface area contributed by atoms with Gasteiger partial charge in [0.2, 0.25) is 0 Å². The summed E-state index contributed by atoms with van der Waals surface area (Å²) >= 11 is 1.58. The van der Waals surface area contributed by atoms with Crippen molar-refractivity contribution in [1.82, 2.24) is 4.57 Å². The molecule has 0 amide bonds. The molecule has 1 unspecified atom stereocenters. The highest BCUT2D eigenvalue weighted by Gasteiger charge is 2.29. The van der Waals surface area contributed by atoms with Crippen LogP contribution in [0.5, 0.6) is 11.5 Å². The summed E-state index contributed by atoms with van der Waals surface area (Å²) < 4.78 is 34.0. The number of amidine groups is 1. The van der Waals surface area contributed by atoms with Gasteiger partial charge in [0.1, 0.15) is 17.5 Å². The molecule has 1 atom stereocenters. The van der Waals surface area contributed by atoms with Crippen molar-refractivity contribution in [1.29, 1.82) is 0 Å². The summed E-state index contributed by atoms with van der Waals surface area (Å²) in [5.74, 6) is -0.478. The highest BCUT2D eigenvalue weighted by atomic mass is 32.2. The van der Waals surface area contributed by atoms with Gasteiger partial charge in [-0.05, 0) is 17.7 Å². The molecule has 0 bridgehead atoms. The normalized spacial score (nSPS) is 15.4. The van der Waals surface area contributed by atoms with Crippen LogP contribution in [0.15, 0.2) is 64.4 Å². The molecule has 9 heteroatoms. The minimum absolute atomic E-state index is 0.131. The van der Waals surface area contributed by atoms with E-state index in [1.54, 1.807) is 18.8 Å². The van der Waals surface area contributed by atoms with Crippen molar-refractivity contribution in [2.75, 3.05) is 11.9 Å². The van der Waals surface area contributed by atoms with Gasteiger partial charge in [-0.1, -0.05) is 30.3 Å². The summed E-state index contributed by atoms with van der Waals surface area (Å²) in [6.45, 7) is 0. The van der Waals surface area contributed by atoms with Gasteiger partial charge in [-0.3, -0.25) is 9.36 Å². The maximum Gasteiger partial charge on any atom is 0.294 e. The summed E-state index contributed by atoms with van der Waals surface area (Å²) in [6.07, 6.45) is 0. The first-order valence-electron chi connectivity index (χ1n) is 9.44. The number of aromatic nitrogens is 1. The van der Waals surface area contributed by atoms with E-state index < -0.39 is 17.2 Å². The van der Waals surface area contributed by atoms with Gasteiger partial charge in [0.25, 0.3) is 5.56 Å². The third-order valence-electron chi connectivity index (χ3n) is 4.90. The quantitative estimate of drug-likeness (QED) is 0.650. The molecule has 6 nitrogen and oxygen atoms in total. The molecule has 0 spiro atoms. The van der Waals surface area contributed by atoms with Gasteiger partial charge in [0.15, 0.2) is 22.8 Å². The Hall–Kier alpha value is -3.33. The van der Waals surface area contributed by atoms with Crippen molar-refractivity contribution >= 4 is 23.4 Å². The SMILES string of the molecule is CN1c2c(cc(Oc3ccc(F)cc3F)c(=O)n2C)C(N)=NC1SCc1ccccc1. The number of thioether (sulfide) groups is 1. The van der Waals surface area contributed by atoms with Gasteiger partial charge in [0, 0.05) is 32.0 Å². The van der Waals surface area contributed by atoms with Crippen LogP contribution in [0.25, 0.3) is 0 Å². The van der Waals surface area contributed by atoms with Crippen molar-refractivity contribution in [3.05, 3.63) is 87.7 Å². The van der Waals surface area contributed by atoms with Crippen molar-refractivity contribution in [3.8, 4) is 11.5 Å². The predicted octanol–water partition coefficient (Wildman–Crippen LogP) is 3.83. The molecular formula is C22H20F2N4O2S. The number of hydrogen-bond acceptors (Lipinski definition) is 6. The molecule has 0 saturated carbocycles. The zero-order valence-corrected chi connectivity index (χ0v) is 17.7. The lowest BCUT2D eigenvalue weighted by atomic mass is 10.2. The first-order chi connectivity index (χ1) is 14.8. The standard InChI is InChI=1S/C22H20F2N4O2S/c1-27-20-15(11-18(21(27)29)30-17-9-8-14(23)10-16(17)24)19(25)26-22(28(20)2)31-12-13-6-4-3-5-7-13/h3-11,22H,12H2,1-2H3,(H2,25,26). The van der Waals surface area contributed by atoms with Gasteiger partial charge in [-0.2, -0.15) is 0 Å². The third-order valence-corrected chi connectivity index (χ3v) is 6.12. The molecule has 0 fully saturated rings. The summed E-state index contributed by atoms with van der Waals surface area (Å²) in [5.41, 5.74) is 7.07. The molecule has 4 rings (SSSR count). The van der Waals surface area contributed by atoms with Crippen LogP contribution in [0.3, 0.4) is 0 Å². The van der Waals surface area contributed by atoms with Crippen molar-refractivity contribution in [3.63, 3.8) is 0 Å². The molecule has 2 heterocycles. The van der Waals surface area contributed by atoms with Crippen LogP contribution in [0.1, 0.15) is 11.1 Å². The monoisotopic (exact) mass is 442 g/mol. The number of rotatable bonds is 5. The van der Waals surface area contributed by atoms with Gasteiger partial charge < -0.3 is 15.4 Å². The van der Waals surface area contributed by atoms with Crippen molar-refractivity contribution in [2.24, 2.45) is 17.8 Å². The molecule has 160 valence electrons. The highest BCUT2D eigenvalue weighted by molar-refractivity contribution is 7.99. The molecule has 0 aliphatic carbocycles. The third kappa shape index (κ3) is 4.13. The van der Waals surface area contributed by atoms with E-state index in [0.29, 0.717) is 17.4 Å². The fraction of sp³-hybridized carbons (Fsp3) is 0.182. The summed E-state index contributed by atoms with van der Waals surface area (Å²) in [6, 6.07) is 14.3. The zero-order valence-electron chi connectivity index (χ0n) is 16.9. The Kier molecular flexibility index (Phi) is 5.69. The molecule has 0 saturated heterocycles. The number of hydrogen-bond donors (Lipinski definition) is 1. The molecule has 1 aromatic heterocycles. The largest absolute Gasteiger partial charge is 0.448 e. The predicted molar refractivity (Wildman–Crippen MR) is 119 cm³/mol. The van der Waals surface area contributed by atoms with Crippen LogP contribution in [-0.2, 0) is 12.8 Å². The van der Waals surface area contributed by atoms with Crippen LogP contribution < -0.4 is 20.9 Å². The van der Waals surface area contributed by atoms with Crippen LogP contribution in [0, 0.1) is 11.6 Å². The van der Waals surface area contributed by atoms with E-state index in [-0.39, 0.29) is 22.8 Å². The number of aliphatic imine (C=N–C) groups is 1. The molecular weight excluding hydrogens is 422 g/mol. The Morgan fingerprint density at radius 3 is 2.55 bits per heavy atom. The van der Waals surface area contributed by atoms with E-state index in [1.807, 2.05) is 42.3 Å². The van der Waals surface area contributed by atoms with Gasteiger partial charge in [-0.25, -0.2) is 13.8 Å². The Morgan fingerprint density at radius 2 is 1.84 bits per heavy atom. The van der Waals surface area contributed by atoms with E-state index in [4.69, 9.17) is 10.5 Å². The van der Waals surface area contributed by atoms with Gasteiger partial charge >= 0.3 is 0 Å². The lowest BCUT2D eigenvalue weighted by molar-refractivity contribution is 0.429. The molecule has 0 radical (unpaired) electrons. The number of fused-ring (bicyclic) bond motifs is 1. The lowest BCUT2D eigenvalue weighted by Gasteiger charge is -2.33. The lowest BCUT2D eigenvalue weighted by Crippen LogP contribution is -2.40. The molecule has 3 aromatic rings. The number of halogens is 2. The number of anilines is 1. The van der Waals surface area contributed by atoms with Crippen LogP contribution >= 0.6 is 11.8 Å².